The first kappa shape index (κ1) is 50.1. The highest BCUT2D eigenvalue weighted by Crippen LogP contribution is 2.41. The van der Waals surface area contributed by atoms with E-state index < -0.39 is 23.8 Å². The molecule has 0 radical (unpaired) electrons. The number of carbonyl (C=O) groups excluding carboxylic acids is 5. The van der Waals surface area contributed by atoms with Crippen LogP contribution in [0.25, 0.3) is 0 Å². The van der Waals surface area contributed by atoms with Crippen LogP contribution < -0.4 is 45.5 Å². The van der Waals surface area contributed by atoms with Crippen LogP contribution in [0.2, 0.25) is 0 Å². The van der Waals surface area contributed by atoms with Crippen LogP contribution in [0.1, 0.15) is 110 Å². The van der Waals surface area contributed by atoms with E-state index in [1.807, 2.05) is 56.3 Å². The number of anilines is 2. The van der Waals surface area contributed by atoms with Gasteiger partial charge in [-0.05, 0) is 104 Å². The second-order valence-corrected chi connectivity index (χ2v) is 16.5. The lowest BCUT2D eigenvalue weighted by molar-refractivity contribution is -0.129. The third-order valence-corrected chi connectivity index (χ3v) is 11.3. The fourth-order valence-electron chi connectivity index (χ4n) is 7.54. The zero-order valence-electron chi connectivity index (χ0n) is 39.2. The molecule has 0 aliphatic carbocycles. The first-order chi connectivity index (χ1) is 31.7. The van der Waals surface area contributed by atoms with Gasteiger partial charge in [-0.15, -0.1) is 0 Å². The second kappa shape index (κ2) is 24.4. The van der Waals surface area contributed by atoms with Crippen LogP contribution in [0.4, 0.5) is 17.1 Å². The van der Waals surface area contributed by atoms with Crippen LogP contribution in [0.15, 0.2) is 71.7 Å². The van der Waals surface area contributed by atoms with E-state index in [0.717, 1.165) is 22.4 Å². The van der Waals surface area contributed by atoms with Crippen molar-refractivity contribution in [1.29, 1.82) is 0 Å². The quantitative estimate of drug-likeness (QED) is 0.0599. The molecule has 2 aliphatic heterocycles. The van der Waals surface area contributed by atoms with Crippen molar-refractivity contribution in [2.24, 2.45) is 10.7 Å². The summed E-state index contributed by atoms with van der Waals surface area (Å²) in [5.41, 5.74) is 11.8. The fourth-order valence-corrected chi connectivity index (χ4v) is 7.54. The minimum absolute atomic E-state index is 0.0368. The van der Waals surface area contributed by atoms with Crippen molar-refractivity contribution >= 4 is 52.8 Å². The predicted molar refractivity (Wildman–Crippen MR) is 256 cm³/mol. The Hall–Kier alpha value is -6.90. The van der Waals surface area contributed by atoms with E-state index in [1.54, 1.807) is 42.5 Å². The number of aryl methyl sites for hydroxylation is 2. The second-order valence-electron chi connectivity index (χ2n) is 16.5. The maximum Gasteiger partial charge on any atom is 0.261 e. The smallest absolute Gasteiger partial charge is 0.261 e. The lowest BCUT2D eigenvalue weighted by Crippen LogP contribution is -2.46. The number of hydrogen-bond donors (Lipinski definition) is 4. The number of nitrogens with two attached hydrogens (primary N) is 1. The van der Waals surface area contributed by atoms with Crippen LogP contribution in [-0.2, 0) is 38.8 Å². The van der Waals surface area contributed by atoms with Crippen molar-refractivity contribution < 1.29 is 42.9 Å². The van der Waals surface area contributed by atoms with Gasteiger partial charge in [0.15, 0.2) is 23.0 Å². The third-order valence-electron chi connectivity index (χ3n) is 11.3. The van der Waals surface area contributed by atoms with Crippen LogP contribution in [-0.4, -0.2) is 68.6 Å². The van der Waals surface area contributed by atoms with Crippen molar-refractivity contribution in [2.45, 2.75) is 118 Å². The zero-order chi connectivity index (χ0) is 47.8. The Bertz CT molecular complexity index is 2400. The first-order valence-electron chi connectivity index (χ1n) is 22.6. The van der Waals surface area contributed by atoms with Crippen LogP contribution >= 0.6 is 0 Å². The number of primary amides is 1. The highest BCUT2D eigenvalue weighted by Gasteiger charge is 2.36. The molecule has 0 spiro atoms. The monoisotopic (exact) mass is 904 g/mol. The van der Waals surface area contributed by atoms with E-state index in [-0.39, 0.29) is 50.5 Å². The minimum Gasteiger partial charge on any atom is -0.493 e. The molecule has 2 atom stereocenters. The Morgan fingerprint density at radius 3 is 2.03 bits per heavy atom. The number of nitrogens with zero attached hydrogens (tertiary/aromatic N) is 2. The van der Waals surface area contributed by atoms with Gasteiger partial charge in [-0.2, -0.15) is 0 Å². The van der Waals surface area contributed by atoms with Gasteiger partial charge < -0.3 is 40.6 Å². The Morgan fingerprint density at radius 2 is 1.39 bits per heavy atom. The van der Waals surface area contributed by atoms with Crippen LogP contribution in [0, 0.1) is 13.8 Å². The minimum atomic E-state index is -0.893. The number of hydrogen-bond acceptors (Lipinski definition) is 10. The first-order valence-corrected chi connectivity index (χ1v) is 22.6. The molecule has 0 bridgehead atoms. The molecular formula is C51H64N6O9. The van der Waals surface area contributed by atoms with Gasteiger partial charge in [0.05, 0.1) is 38.1 Å². The number of carbonyl (C=O) groups is 5. The third kappa shape index (κ3) is 13.8. The summed E-state index contributed by atoms with van der Waals surface area (Å²) in [7, 11) is 3.08. The number of benzene rings is 4. The Balaban J connectivity index is 0.00000127. The number of amides is 5. The highest BCUT2D eigenvalue weighted by atomic mass is 16.5. The largest absolute Gasteiger partial charge is 0.493 e. The molecule has 5 N–H and O–H groups in total. The number of methoxy groups -OCH3 is 2. The molecule has 5 amide bonds. The van der Waals surface area contributed by atoms with E-state index in [9.17, 15) is 24.0 Å². The van der Waals surface area contributed by atoms with Gasteiger partial charge >= 0.3 is 0 Å². The van der Waals surface area contributed by atoms with E-state index in [2.05, 4.69) is 29.8 Å². The van der Waals surface area contributed by atoms with Gasteiger partial charge in [-0.1, -0.05) is 57.7 Å². The standard InChI is InChI=1S/C45H50N6O9.C6H14/c1-26-14-37(57-4)39(15-27(26)2)59-24-29-16-30(18-32(17-29)50-43(54)23-48-44(55)28(3)49-42(53)13-9-8-12-41(46)52)25-60-40-21-35-34(20-38(40)58-5)45(56)51-33(22-47-35)19-31-10-6-7-11-36(31)51;1-3-5-6-4-2/h6-7,10-11,14-18,20-22,28,33H,8-9,12-13,19,23-25H2,1-5H3,(H2,46,52)(H,48,55)(H,49,53)(H,50,54);3-6H2,1-2H3/t28-,33-;/m0./s1. The molecule has 0 fully saturated rings. The molecule has 4 aromatic carbocycles. The molecule has 15 heteroatoms. The van der Waals surface area contributed by atoms with Crippen LogP contribution in [0.5, 0.6) is 23.0 Å². The van der Waals surface area contributed by atoms with Gasteiger partial charge in [0.2, 0.25) is 23.6 Å². The molecule has 352 valence electrons. The number of fused-ring (bicyclic) bond motifs is 4. The summed E-state index contributed by atoms with van der Waals surface area (Å²) in [4.78, 5) is 69.4. The summed E-state index contributed by atoms with van der Waals surface area (Å²) in [6.45, 7) is 9.74. The molecule has 0 unspecified atom stereocenters. The van der Waals surface area contributed by atoms with E-state index in [0.29, 0.717) is 70.3 Å². The summed E-state index contributed by atoms with van der Waals surface area (Å²) in [5.74, 6) is -0.171. The van der Waals surface area contributed by atoms with Crippen molar-refractivity contribution in [2.75, 3.05) is 31.0 Å². The number of nitrogens with one attached hydrogen (secondary N) is 3. The summed E-state index contributed by atoms with van der Waals surface area (Å²) >= 11 is 0. The maximum atomic E-state index is 13.9. The Labute approximate surface area is 387 Å². The molecule has 66 heavy (non-hydrogen) atoms. The average Bonchev–Trinajstić information content (AvgIpc) is 3.62. The van der Waals surface area contributed by atoms with Crippen LogP contribution in [0.3, 0.4) is 0 Å². The van der Waals surface area contributed by atoms with Gasteiger partial charge in [0, 0.05) is 42.9 Å². The Morgan fingerprint density at radius 1 is 0.788 bits per heavy atom. The molecular weight excluding hydrogens is 841 g/mol. The molecule has 15 nitrogen and oxygen atoms in total. The van der Waals surface area contributed by atoms with Crippen molar-refractivity contribution in [3.63, 3.8) is 0 Å². The average molecular weight is 905 g/mol. The Kier molecular flexibility index (Phi) is 18.5. The van der Waals surface area contributed by atoms with E-state index in [4.69, 9.17) is 29.7 Å². The van der Waals surface area contributed by atoms with Crippen molar-refractivity contribution in [3.05, 3.63) is 100 Å². The zero-order valence-corrected chi connectivity index (χ0v) is 39.2. The molecule has 6 rings (SSSR count). The number of rotatable bonds is 21. The maximum absolute atomic E-state index is 13.9. The normalized spacial score (nSPS) is 13.7. The van der Waals surface area contributed by atoms with Gasteiger partial charge in [-0.25, -0.2) is 0 Å². The fraction of sp³-hybridized carbons (Fsp3) is 0.412. The number of aliphatic imine (C=N–C) groups is 1. The molecule has 0 saturated heterocycles. The number of para-hydroxylation sites is 1. The van der Waals surface area contributed by atoms with Crippen molar-refractivity contribution in [3.8, 4) is 23.0 Å². The van der Waals surface area contributed by atoms with Gasteiger partial charge in [0.25, 0.3) is 5.91 Å². The predicted octanol–water partition coefficient (Wildman–Crippen LogP) is 7.96. The lowest BCUT2D eigenvalue weighted by atomic mass is 10.1. The number of unbranched alkanes of at least 4 members (excludes halogenated alkanes) is 4. The van der Waals surface area contributed by atoms with Crippen molar-refractivity contribution in [1.82, 2.24) is 10.6 Å². The summed E-state index contributed by atoms with van der Waals surface area (Å²) in [5, 5.41) is 7.99. The SMILES string of the molecule is CCCCCC.COc1cc(C)c(C)cc1OCc1cc(COc2cc3c(cc2OC)C(=O)N2c4ccccc4C[C@H]2C=N3)cc(NC(=O)CNC(=O)[C@H](C)NC(=O)CCCCC(N)=O)c1. The highest BCUT2D eigenvalue weighted by molar-refractivity contribution is 6.14. The van der Waals surface area contributed by atoms with E-state index >= 15 is 0 Å². The summed E-state index contributed by atoms with van der Waals surface area (Å²) in [6, 6.07) is 19.2. The molecule has 2 aliphatic rings. The molecule has 2 heterocycles. The lowest BCUT2D eigenvalue weighted by Gasteiger charge is -2.22. The van der Waals surface area contributed by atoms with E-state index in [1.165, 1.54) is 39.7 Å². The number of ether oxygens (including phenoxy) is 4. The molecule has 0 saturated carbocycles. The molecule has 0 aromatic heterocycles. The topological polar surface area (TPSA) is 200 Å². The summed E-state index contributed by atoms with van der Waals surface area (Å²) < 4.78 is 23.8. The van der Waals surface area contributed by atoms with Gasteiger partial charge in [-0.3, -0.25) is 33.9 Å². The summed E-state index contributed by atoms with van der Waals surface area (Å²) in [6.07, 6.45) is 9.23. The van der Waals surface area contributed by atoms with Gasteiger partial charge in [0.1, 0.15) is 19.3 Å². The molecule has 4 aromatic rings.